The Balaban J connectivity index is 2.06. The van der Waals surface area contributed by atoms with Gasteiger partial charge >= 0.3 is 5.97 Å². The van der Waals surface area contributed by atoms with Crippen LogP contribution in [0.2, 0.25) is 0 Å². The summed E-state index contributed by atoms with van der Waals surface area (Å²) < 4.78 is 5.28. The molecule has 9 heteroatoms. The lowest BCUT2D eigenvalue weighted by molar-refractivity contribution is -0.147. The molecule has 0 aromatic heterocycles. The topological polar surface area (TPSA) is 147 Å². The molecule has 37 heavy (non-hydrogen) atoms. The first kappa shape index (κ1) is 27.7. The normalized spacial score (nSPS) is 26.1. The summed E-state index contributed by atoms with van der Waals surface area (Å²) in [7, 11) is 0. The summed E-state index contributed by atoms with van der Waals surface area (Å²) in [6.45, 7) is 6.43. The van der Waals surface area contributed by atoms with Crippen molar-refractivity contribution < 1.29 is 38.9 Å². The number of benzene rings is 1. The van der Waals surface area contributed by atoms with Crippen molar-refractivity contribution in [2.45, 2.75) is 65.6 Å². The van der Waals surface area contributed by atoms with Gasteiger partial charge in [-0.2, -0.15) is 0 Å². The number of esters is 1. The van der Waals surface area contributed by atoms with Gasteiger partial charge in [-0.1, -0.05) is 25.2 Å². The minimum absolute atomic E-state index is 0.0221. The molecule has 1 aliphatic carbocycles. The Morgan fingerprint density at radius 2 is 1.78 bits per heavy atom. The van der Waals surface area contributed by atoms with Gasteiger partial charge < -0.3 is 20.3 Å². The first-order valence-electron chi connectivity index (χ1n) is 12.2. The molecular formula is C28H31NO8. The summed E-state index contributed by atoms with van der Waals surface area (Å²) in [6.07, 6.45) is 4.26. The van der Waals surface area contributed by atoms with Crippen molar-refractivity contribution in [2.75, 3.05) is 0 Å². The number of ketones is 3. The first-order valence-corrected chi connectivity index (χ1v) is 12.2. The van der Waals surface area contributed by atoms with Crippen LogP contribution < -0.4 is 5.32 Å². The van der Waals surface area contributed by atoms with Gasteiger partial charge in [-0.15, -0.1) is 0 Å². The maximum atomic E-state index is 13.2. The smallest absolute Gasteiger partial charge is 0.333 e. The van der Waals surface area contributed by atoms with Crippen molar-refractivity contribution in [1.82, 2.24) is 5.32 Å². The van der Waals surface area contributed by atoms with E-state index in [1.807, 2.05) is 6.92 Å². The number of rotatable bonds is 1. The van der Waals surface area contributed by atoms with Crippen molar-refractivity contribution in [1.29, 1.82) is 0 Å². The van der Waals surface area contributed by atoms with E-state index in [1.165, 1.54) is 39.0 Å². The SMILES string of the molecule is CCC1/C=C/[C@H](O)[C@H](C)OC(=O)/C(C)=C\CC(=O)NC2=CC(=O)c3c(cc(C)c(O)c3C(=O)CC1)C2=O. The van der Waals surface area contributed by atoms with Crippen LogP contribution in [-0.4, -0.2) is 51.6 Å². The number of Topliss-reactive ketones (excluding diaryl/α,β-unsaturated/α-hetero) is 2. The number of aliphatic hydroxyl groups is 1. The molecule has 1 aromatic carbocycles. The Bertz CT molecular complexity index is 1250. The Kier molecular flexibility index (Phi) is 8.60. The second-order valence-corrected chi connectivity index (χ2v) is 9.35. The lowest BCUT2D eigenvalue weighted by Crippen LogP contribution is -2.32. The van der Waals surface area contributed by atoms with E-state index in [0.29, 0.717) is 12.8 Å². The highest BCUT2D eigenvalue weighted by molar-refractivity contribution is 6.28. The van der Waals surface area contributed by atoms with E-state index < -0.39 is 41.4 Å². The van der Waals surface area contributed by atoms with E-state index in [4.69, 9.17) is 4.74 Å². The molecule has 0 spiro atoms. The maximum Gasteiger partial charge on any atom is 0.333 e. The third-order valence-electron chi connectivity index (χ3n) is 6.59. The van der Waals surface area contributed by atoms with Crippen LogP contribution >= 0.6 is 0 Å². The van der Waals surface area contributed by atoms with E-state index in [2.05, 4.69) is 5.32 Å². The van der Waals surface area contributed by atoms with Crippen LogP contribution in [-0.2, 0) is 14.3 Å². The third-order valence-corrected chi connectivity index (χ3v) is 6.59. The van der Waals surface area contributed by atoms with Crippen molar-refractivity contribution in [2.24, 2.45) is 5.92 Å². The van der Waals surface area contributed by atoms with Gasteiger partial charge in [0.1, 0.15) is 18.0 Å². The number of hydrogen-bond acceptors (Lipinski definition) is 8. The number of phenols is 1. The molecule has 0 saturated carbocycles. The fraction of sp³-hybridized carbons (Fsp3) is 0.393. The standard InChI is InChI=1S/C28H31NO8/c1-5-17-7-9-20(30)16(4)37-28(36)14(2)6-11-23(33)29-19-13-22(32)24-18(27(19)35)12-15(3)26(34)25(24)21(31)10-8-17/h6-7,9,12-13,16-17,20,30,34H,5,8,10-11H2,1-4H3,(H,29,33)/b9-7+,14-6-/t16-,17?,20-/m0/s1. The largest absolute Gasteiger partial charge is 0.507 e. The minimum Gasteiger partial charge on any atom is -0.507 e. The van der Waals surface area contributed by atoms with Gasteiger partial charge in [0.05, 0.1) is 11.3 Å². The molecule has 1 amide bonds. The zero-order valence-electron chi connectivity index (χ0n) is 21.3. The van der Waals surface area contributed by atoms with Crippen LogP contribution in [0, 0.1) is 12.8 Å². The Morgan fingerprint density at radius 3 is 2.46 bits per heavy atom. The van der Waals surface area contributed by atoms with E-state index in [0.717, 1.165) is 6.08 Å². The highest BCUT2D eigenvalue weighted by Crippen LogP contribution is 2.34. The number of carbonyl (C=O) groups is 5. The molecule has 9 nitrogen and oxygen atoms in total. The molecule has 2 heterocycles. The number of aromatic hydroxyl groups is 1. The second kappa shape index (κ2) is 11.5. The molecular weight excluding hydrogens is 478 g/mol. The highest BCUT2D eigenvalue weighted by Gasteiger charge is 2.33. The van der Waals surface area contributed by atoms with Gasteiger partial charge in [-0.05, 0) is 51.2 Å². The van der Waals surface area contributed by atoms with Crippen molar-refractivity contribution in [3.05, 3.63) is 63.9 Å². The van der Waals surface area contributed by atoms with Crippen LogP contribution in [0.15, 0.2) is 41.6 Å². The van der Waals surface area contributed by atoms with E-state index >= 15 is 0 Å². The fourth-order valence-corrected chi connectivity index (χ4v) is 4.19. The van der Waals surface area contributed by atoms with Crippen molar-refractivity contribution in [3.63, 3.8) is 0 Å². The predicted molar refractivity (Wildman–Crippen MR) is 134 cm³/mol. The van der Waals surface area contributed by atoms with Gasteiger partial charge in [-0.25, -0.2) is 4.79 Å². The summed E-state index contributed by atoms with van der Waals surface area (Å²) in [6, 6.07) is 1.33. The third kappa shape index (κ3) is 6.11. The maximum absolute atomic E-state index is 13.2. The van der Waals surface area contributed by atoms with Crippen LogP contribution in [0.25, 0.3) is 0 Å². The van der Waals surface area contributed by atoms with Crippen molar-refractivity contribution >= 4 is 29.2 Å². The average molecular weight is 510 g/mol. The summed E-state index contributed by atoms with van der Waals surface area (Å²) in [4.78, 5) is 64.2. The Hall–Kier alpha value is -3.85. The number of amides is 1. The summed E-state index contributed by atoms with van der Waals surface area (Å²) in [5.74, 6) is -3.67. The number of phenolic OH excluding ortho intramolecular Hbond substituents is 1. The molecule has 0 saturated heterocycles. The molecule has 3 aliphatic rings. The molecule has 1 unspecified atom stereocenters. The van der Waals surface area contributed by atoms with Gasteiger partial charge in [0, 0.05) is 35.6 Å². The van der Waals surface area contributed by atoms with E-state index in [1.54, 1.807) is 6.08 Å². The molecule has 0 fully saturated rings. The average Bonchev–Trinajstić information content (AvgIpc) is 2.85. The summed E-state index contributed by atoms with van der Waals surface area (Å²) in [5, 5.41) is 23.5. The van der Waals surface area contributed by atoms with Crippen LogP contribution in [0.1, 0.15) is 83.1 Å². The fourth-order valence-electron chi connectivity index (χ4n) is 4.19. The van der Waals surface area contributed by atoms with Gasteiger partial charge in [0.15, 0.2) is 11.6 Å². The molecule has 0 radical (unpaired) electrons. The molecule has 2 aliphatic heterocycles. The lowest BCUT2D eigenvalue weighted by Gasteiger charge is -2.21. The number of hydrogen-bond donors (Lipinski definition) is 3. The van der Waals surface area contributed by atoms with E-state index in [9.17, 15) is 34.2 Å². The van der Waals surface area contributed by atoms with Crippen LogP contribution in [0.4, 0.5) is 0 Å². The number of nitrogens with one attached hydrogen (secondary N) is 1. The molecule has 3 atom stereocenters. The summed E-state index contributed by atoms with van der Waals surface area (Å²) in [5.41, 5.74) is -0.339. The quantitative estimate of drug-likeness (QED) is 0.386. The Labute approximate surface area is 214 Å². The predicted octanol–water partition coefficient (Wildman–Crippen LogP) is 3.27. The lowest BCUT2D eigenvalue weighted by atomic mass is 9.84. The molecule has 4 bridgehead atoms. The van der Waals surface area contributed by atoms with Gasteiger partial charge in [-0.3, -0.25) is 19.2 Å². The zero-order valence-corrected chi connectivity index (χ0v) is 21.3. The van der Waals surface area contributed by atoms with Gasteiger partial charge in [0.2, 0.25) is 11.7 Å². The Morgan fingerprint density at radius 1 is 1.08 bits per heavy atom. The second-order valence-electron chi connectivity index (χ2n) is 9.35. The number of allylic oxidation sites excluding steroid dienone is 3. The zero-order chi connectivity index (χ0) is 27.4. The number of carbonyl (C=O) groups excluding carboxylic acids is 5. The number of ether oxygens (including phenoxy) is 1. The molecule has 4 rings (SSSR count). The monoisotopic (exact) mass is 509 g/mol. The number of aliphatic hydroxyl groups excluding tert-OH is 1. The minimum atomic E-state index is -1.09. The van der Waals surface area contributed by atoms with Crippen LogP contribution in [0.5, 0.6) is 5.75 Å². The summed E-state index contributed by atoms with van der Waals surface area (Å²) >= 11 is 0. The molecule has 3 N–H and O–H groups in total. The number of aryl methyl sites for hydroxylation is 1. The van der Waals surface area contributed by atoms with E-state index in [-0.39, 0.29) is 58.0 Å². The number of fused-ring (bicyclic) bond motifs is 13. The highest BCUT2D eigenvalue weighted by atomic mass is 16.6. The molecule has 196 valence electrons. The first-order chi connectivity index (χ1) is 17.4. The van der Waals surface area contributed by atoms with Crippen molar-refractivity contribution in [3.8, 4) is 5.75 Å². The van der Waals surface area contributed by atoms with Crippen LogP contribution in [0.3, 0.4) is 0 Å². The van der Waals surface area contributed by atoms with Gasteiger partial charge in [0.25, 0.3) is 0 Å². The molecule has 1 aromatic rings.